The van der Waals surface area contributed by atoms with Crippen LogP contribution in [0.3, 0.4) is 0 Å². The molecular formula is C12H17F3N2O. The summed E-state index contributed by atoms with van der Waals surface area (Å²) in [5.74, 6) is -1.04. The Hall–Kier alpha value is -1.04. The molecule has 1 fully saturated rings. The lowest BCUT2D eigenvalue weighted by Crippen LogP contribution is -2.31. The second-order valence-corrected chi connectivity index (χ2v) is 4.73. The van der Waals surface area contributed by atoms with Crippen molar-refractivity contribution in [1.29, 1.82) is 0 Å². The molecule has 1 heterocycles. The standard InChI is InChI=1S/C12H17F3N2O/c1-16-7-11-17-6-10(18-11)8-4-2-3-5-9(8)12(13,14)15/h6,8-9,16H,2-5,7H2,1H3. The Labute approximate surface area is 104 Å². The third kappa shape index (κ3) is 2.85. The Kier molecular flexibility index (Phi) is 3.94. The summed E-state index contributed by atoms with van der Waals surface area (Å²) < 4.78 is 44.3. The third-order valence-corrected chi connectivity index (χ3v) is 3.45. The fraction of sp³-hybridized carbons (Fsp3) is 0.750. The van der Waals surface area contributed by atoms with Crippen LogP contribution in [0.15, 0.2) is 10.6 Å². The van der Waals surface area contributed by atoms with Crippen molar-refractivity contribution in [2.75, 3.05) is 7.05 Å². The molecule has 1 aromatic rings. The largest absolute Gasteiger partial charge is 0.444 e. The molecule has 6 heteroatoms. The Morgan fingerprint density at radius 3 is 2.78 bits per heavy atom. The molecule has 2 unspecified atom stereocenters. The molecule has 0 spiro atoms. The highest BCUT2D eigenvalue weighted by Crippen LogP contribution is 2.46. The monoisotopic (exact) mass is 262 g/mol. The SMILES string of the molecule is CNCc1ncc(C2CCCCC2C(F)(F)F)o1. The van der Waals surface area contributed by atoms with Gasteiger partial charge >= 0.3 is 6.18 Å². The van der Waals surface area contributed by atoms with Crippen molar-refractivity contribution in [2.45, 2.75) is 44.3 Å². The molecule has 2 atom stereocenters. The summed E-state index contributed by atoms with van der Waals surface area (Å²) in [6.45, 7) is 0.434. The zero-order valence-corrected chi connectivity index (χ0v) is 10.3. The van der Waals surface area contributed by atoms with Crippen molar-refractivity contribution in [3.8, 4) is 0 Å². The van der Waals surface area contributed by atoms with E-state index in [0.29, 0.717) is 31.0 Å². The molecule has 3 nitrogen and oxygen atoms in total. The highest BCUT2D eigenvalue weighted by Gasteiger charge is 2.47. The number of alkyl halides is 3. The minimum absolute atomic E-state index is 0.191. The van der Waals surface area contributed by atoms with Crippen LogP contribution in [0, 0.1) is 5.92 Å². The fourth-order valence-electron chi connectivity index (χ4n) is 2.59. The van der Waals surface area contributed by atoms with Gasteiger partial charge in [0.2, 0.25) is 5.89 Å². The lowest BCUT2D eigenvalue weighted by molar-refractivity contribution is -0.188. The van der Waals surface area contributed by atoms with Crippen molar-refractivity contribution in [1.82, 2.24) is 10.3 Å². The molecule has 1 aliphatic rings. The van der Waals surface area contributed by atoms with Crippen molar-refractivity contribution < 1.29 is 17.6 Å². The van der Waals surface area contributed by atoms with E-state index in [2.05, 4.69) is 10.3 Å². The van der Waals surface area contributed by atoms with Crippen molar-refractivity contribution in [2.24, 2.45) is 5.92 Å². The van der Waals surface area contributed by atoms with Gasteiger partial charge in [0.15, 0.2) is 0 Å². The van der Waals surface area contributed by atoms with Crippen LogP contribution in [0.2, 0.25) is 0 Å². The Morgan fingerprint density at radius 1 is 1.39 bits per heavy atom. The van der Waals surface area contributed by atoms with Crippen LogP contribution in [0.4, 0.5) is 13.2 Å². The second-order valence-electron chi connectivity index (χ2n) is 4.73. The zero-order chi connectivity index (χ0) is 13.2. The molecule has 0 radical (unpaired) electrons. The van der Waals surface area contributed by atoms with E-state index in [1.54, 1.807) is 7.05 Å². The average molecular weight is 262 g/mol. The van der Waals surface area contributed by atoms with Crippen LogP contribution in [-0.2, 0) is 6.54 Å². The van der Waals surface area contributed by atoms with Crippen molar-refractivity contribution >= 4 is 0 Å². The van der Waals surface area contributed by atoms with Gasteiger partial charge in [0, 0.05) is 5.92 Å². The van der Waals surface area contributed by atoms with Gasteiger partial charge in [-0.1, -0.05) is 12.8 Å². The number of aromatic nitrogens is 1. The van der Waals surface area contributed by atoms with Gasteiger partial charge in [-0.05, 0) is 19.9 Å². The number of nitrogens with zero attached hydrogens (tertiary/aromatic N) is 1. The van der Waals surface area contributed by atoms with Crippen LogP contribution in [0.25, 0.3) is 0 Å². The highest BCUT2D eigenvalue weighted by molar-refractivity contribution is 5.06. The number of nitrogens with one attached hydrogen (secondary N) is 1. The lowest BCUT2D eigenvalue weighted by atomic mass is 9.77. The van der Waals surface area contributed by atoms with Gasteiger partial charge < -0.3 is 9.73 Å². The predicted molar refractivity (Wildman–Crippen MR) is 60.0 cm³/mol. The van der Waals surface area contributed by atoms with Gasteiger partial charge in [-0.25, -0.2) is 4.98 Å². The smallest absolute Gasteiger partial charge is 0.392 e. The van der Waals surface area contributed by atoms with Gasteiger partial charge in [-0.2, -0.15) is 13.2 Å². The summed E-state index contributed by atoms with van der Waals surface area (Å²) in [5.41, 5.74) is 0. The predicted octanol–water partition coefficient (Wildman–Crippen LogP) is 3.23. The van der Waals surface area contributed by atoms with Crippen LogP contribution in [-0.4, -0.2) is 18.2 Å². The maximum Gasteiger partial charge on any atom is 0.392 e. The van der Waals surface area contributed by atoms with E-state index in [1.165, 1.54) is 6.20 Å². The summed E-state index contributed by atoms with van der Waals surface area (Å²) in [4.78, 5) is 4.00. The second kappa shape index (κ2) is 5.30. The van der Waals surface area contributed by atoms with E-state index in [4.69, 9.17) is 4.42 Å². The van der Waals surface area contributed by atoms with Crippen LogP contribution in [0.5, 0.6) is 0 Å². The molecule has 1 aliphatic carbocycles. The molecule has 1 N–H and O–H groups in total. The van der Waals surface area contributed by atoms with Gasteiger partial charge in [0.25, 0.3) is 0 Å². The number of oxazole rings is 1. The van der Waals surface area contributed by atoms with Gasteiger partial charge in [-0.15, -0.1) is 0 Å². The topological polar surface area (TPSA) is 38.1 Å². The minimum Gasteiger partial charge on any atom is -0.444 e. The Morgan fingerprint density at radius 2 is 2.11 bits per heavy atom. The van der Waals surface area contributed by atoms with Gasteiger partial charge in [-0.3, -0.25) is 0 Å². The third-order valence-electron chi connectivity index (χ3n) is 3.45. The Balaban J connectivity index is 2.17. The molecule has 2 rings (SSSR count). The molecule has 0 amide bonds. The molecular weight excluding hydrogens is 245 g/mol. The summed E-state index contributed by atoms with van der Waals surface area (Å²) in [5, 5.41) is 2.86. The molecule has 18 heavy (non-hydrogen) atoms. The van der Waals surface area contributed by atoms with Crippen LogP contribution >= 0.6 is 0 Å². The normalized spacial score (nSPS) is 25.3. The van der Waals surface area contributed by atoms with Crippen LogP contribution < -0.4 is 5.32 Å². The first kappa shape index (κ1) is 13.4. The maximum atomic E-state index is 13.0. The van der Waals surface area contributed by atoms with Gasteiger partial charge in [0.1, 0.15) is 5.76 Å². The summed E-state index contributed by atoms with van der Waals surface area (Å²) in [6.07, 6.45) is -0.533. The first-order valence-corrected chi connectivity index (χ1v) is 6.18. The number of hydrogen-bond acceptors (Lipinski definition) is 3. The molecule has 0 bridgehead atoms. The van der Waals surface area contributed by atoms with E-state index in [9.17, 15) is 13.2 Å². The van der Waals surface area contributed by atoms with E-state index >= 15 is 0 Å². The zero-order valence-electron chi connectivity index (χ0n) is 10.3. The summed E-state index contributed by atoms with van der Waals surface area (Å²) >= 11 is 0. The first-order chi connectivity index (χ1) is 8.52. The number of halogens is 3. The first-order valence-electron chi connectivity index (χ1n) is 6.18. The summed E-state index contributed by atoms with van der Waals surface area (Å²) in [6, 6.07) is 0. The Bertz CT molecular complexity index is 389. The molecule has 0 aliphatic heterocycles. The van der Waals surface area contributed by atoms with E-state index in [-0.39, 0.29) is 6.42 Å². The maximum absolute atomic E-state index is 13.0. The lowest BCUT2D eigenvalue weighted by Gasteiger charge is -2.31. The van der Waals surface area contributed by atoms with Crippen molar-refractivity contribution in [3.63, 3.8) is 0 Å². The molecule has 1 saturated carbocycles. The molecule has 0 aromatic carbocycles. The number of rotatable bonds is 3. The van der Waals surface area contributed by atoms with Crippen LogP contribution in [0.1, 0.15) is 43.3 Å². The average Bonchev–Trinajstić information content (AvgIpc) is 2.77. The van der Waals surface area contributed by atoms with Crippen molar-refractivity contribution in [3.05, 3.63) is 17.8 Å². The molecule has 0 saturated heterocycles. The van der Waals surface area contributed by atoms with Gasteiger partial charge in [0.05, 0.1) is 18.7 Å². The molecule has 102 valence electrons. The molecule has 1 aromatic heterocycles. The fourth-order valence-corrected chi connectivity index (χ4v) is 2.59. The highest BCUT2D eigenvalue weighted by atomic mass is 19.4. The van der Waals surface area contributed by atoms with E-state index < -0.39 is 18.0 Å². The number of hydrogen-bond donors (Lipinski definition) is 1. The summed E-state index contributed by atoms with van der Waals surface area (Å²) in [7, 11) is 1.74. The quantitative estimate of drug-likeness (QED) is 0.908. The van der Waals surface area contributed by atoms with E-state index in [0.717, 1.165) is 6.42 Å². The van der Waals surface area contributed by atoms with E-state index in [1.807, 2.05) is 0 Å². The minimum atomic E-state index is -4.15.